The summed E-state index contributed by atoms with van der Waals surface area (Å²) < 4.78 is 16.5. The van der Waals surface area contributed by atoms with E-state index in [1.807, 2.05) is 17.4 Å². The summed E-state index contributed by atoms with van der Waals surface area (Å²) in [6, 6.07) is 8.37. The number of ether oxygens (including phenoxy) is 3. The van der Waals surface area contributed by atoms with Gasteiger partial charge in [0.25, 0.3) is 0 Å². The summed E-state index contributed by atoms with van der Waals surface area (Å²) in [7, 11) is 1.71. The summed E-state index contributed by atoms with van der Waals surface area (Å²) in [5.74, 6) is 2.48. The minimum absolute atomic E-state index is 0.295. The van der Waals surface area contributed by atoms with Crippen LogP contribution in [0.5, 0.6) is 17.2 Å². The first-order valence-electron chi connectivity index (χ1n) is 8.75. The predicted octanol–water partition coefficient (Wildman–Crippen LogP) is 3.19. The summed E-state index contributed by atoms with van der Waals surface area (Å²) in [5.41, 5.74) is 1.17. The molecular weight excluding hydrogens is 336 g/mol. The van der Waals surface area contributed by atoms with Crippen LogP contribution in [0, 0.1) is 0 Å². The molecular formula is C19H24N2O3S. The third-order valence-corrected chi connectivity index (χ3v) is 5.67. The van der Waals surface area contributed by atoms with Crippen LogP contribution in [0.3, 0.4) is 0 Å². The maximum absolute atomic E-state index is 5.56. The maximum atomic E-state index is 5.56. The van der Waals surface area contributed by atoms with Crippen molar-refractivity contribution >= 4 is 11.3 Å². The third-order valence-electron chi connectivity index (χ3n) is 4.81. The van der Waals surface area contributed by atoms with Gasteiger partial charge in [0.15, 0.2) is 11.5 Å². The average molecular weight is 360 g/mol. The normalized spacial score (nSPS) is 18.3. The molecule has 0 atom stereocenters. The van der Waals surface area contributed by atoms with Crippen molar-refractivity contribution in [1.82, 2.24) is 9.80 Å². The van der Waals surface area contributed by atoms with Gasteiger partial charge in [0.05, 0.1) is 7.11 Å². The van der Waals surface area contributed by atoms with E-state index in [1.165, 1.54) is 16.9 Å². The van der Waals surface area contributed by atoms with Gasteiger partial charge in [-0.2, -0.15) is 0 Å². The lowest BCUT2D eigenvalue weighted by Gasteiger charge is -2.22. The summed E-state index contributed by atoms with van der Waals surface area (Å²) >= 11 is 1.85. The number of hydrogen-bond acceptors (Lipinski definition) is 6. The van der Waals surface area contributed by atoms with Crippen LogP contribution >= 0.6 is 11.3 Å². The van der Waals surface area contributed by atoms with Crippen molar-refractivity contribution < 1.29 is 14.2 Å². The molecule has 2 aromatic rings. The van der Waals surface area contributed by atoms with Crippen LogP contribution in [0.1, 0.15) is 16.9 Å². The minimum Gasteiger partial charge on any atom is -0.496 e. The molecule has 4 rings (SSSR count). The van der Waals surface area contributed by atoms with Crippen molar-refractivity contribution in [2.24, 2.45) is 0 Å². The molecule has 134 valence electrons. The Hall–Kier alpha value is -1.76. The summed E-state index contributed by atoms with van der Waals surface area (Å²) in [5, 5.41) is 2.16. The molecule has 2 aliphatic heterocycles. The van der Waals surface area contributed by atoms with Gasteiger partial charge in [-0.15, -0.1) is 11.3 Å². The Labute approximate surface area is 152 Å². The minimum atomic E-state index is 0.295. The Balaban J connectivity index is 1.40. The molecule has 0 N–H and O–H groups in total. The first-order chi connectivity index (χ1) is 12.3. The second kappa shape index (κ2) is 7.64. The Bertz CT molecular complexity index is 705. The molecule has 25 heavy (non-hydrogen) atoms. The smallest absolute Gasteiger partial charge is 0.231 e. The van der Waals surface area contributed by atoms with E-state index in [2.05, 4.69) is 33.4 Å². The van der Waals surface area contributed by atoms with Crippen molar-refractivity contribution in [3.8, 4) is 17.2 Å². The molecule has 1 fully saturated rings. The fraction of sp³-hybridized carbons (Fsp3) is 0.474. The maximum Gasteiger partial charge on any atom is 0.231 e. The standard InChI is InChI=1S/C19H24N2O3S/c1-22-17-11-19-18(23-14-24-19)10-15(17)12-20-5-3-6-21(8-7-20)13-16-4-2-9-25-16/h2,4,9-11H,3,5-8,12-14H2,1H3. The molecule has 5 nitrogen and oxygen atoms in total. The highest BCUT2D eigenvalue weighted by molar-refractivity contribution is 7.09. The second-order valence-electron chi connectivity index (χ2n) is 6.50. The zero-order valence-electron chi connectivity index (χ0n) is 14.6. The third kappa shape index (κ3) is 3.92. The predicted molar refractivity (Wildman–Crippen MR) is 98.6 cm³/mol. The Morgan fingerprint density at radius 3 is 2.52 bits per heavy atom. The van der Waals surface area contributed by atoms with Crippen LogP contribution in [0.25, 0.3) is 0 Å². The van der Waals surface area contributed by atoms with Gasteiger partial charge in [-0.3, -0.25) is 9.80 Å². The number of nitrogens with zero attached hydrogens (tertiary/aromatic N) is 2. The lowest BCUT2D eigenvalue weighted by molar-refractivity contribution is 0.173. The van der Waals surface area contributed by atoms with E-state index in [0.29, 0.717) is 6.79 Å². The summed E-state index contributed by atoms with van der Waals surface area (Å²) in [6.07, 6.45) is 1.19. The number of rotatable bonds is 5. The quantitative estimate of drug-likeness (QED) is 0.818. The molecule has 0 spiro atoms. The van der Waals surface area contributed by atoms with Gasteiger partial charge in [0.2, 0.25) is 6.79 Å². The molecule has 0 bridgehead atoms. The number of benzene rings is 1. The molecule has 0 saturated carbocycles. The van der Waals surface area contributed by atoms with Crippen molar-refractivity contribution in [3.05, 3.63) is 40.1 Å². The highest BCUT2D eigenvalue weighted by atomic mass is 32.1. The van der Waals surface area contributed by atoms with E-state index in [1.54, 1.807) is 7.11 Å². The van der Waals surface area contributed by atoms with Gasteiger partial charge in [0.1, 0.15) is 5.75 Å². The lowest BCUT2D eigenvalue weighted by Crippen LogP contribution is -2.30. The van der Waals surface area contributed by atoms with Crippen LogP contribution in [-0.4, -0.2) is 49.9 Å². The highest BCUT2D eigenvalue weighted by Crippen LogP contribution is 2.38. The Morgan fingerprint density at radius 2 is 1.80 bits per heavy atom. The van der Waals surface area contributed by atoms with E-state index < -0.39 is 0 Å². The molecule has 2 aliphatic rings. The molecule has 6 heteroatoms. The average Bonchev–Trinajstić information content (AvgIpc) is 3.24. The molecule has 0 amide bonds. The van der Waals surface area contributed by atoms with Crippen molar-refractivity contribution in [2.45, 2.75) is 19.5 Å². The second-order valence-corrected chi connectivity index (χ2v) is 7.53. The fourth-order valence-corrected chi connectivity index (χ4v) is 4.23. The van der Waals surface area contributed by atoms with Gasteiger partial charge in [-0.05, 0) is 37.0 Å². The molecule has 1 aromatic carbocycles. The topological polar surface area (TPSA) is 34.2 Å². The number of methoxy groups -OCH3 is 1. The number of fused-ring (bicyclic) bond motifs is 1. The van der Waals surface area contributed by atoms with Gasteiger partial charge in [0, 0.05) is 42.7 Å². The SMILES string of the molecule is COc1cc2c(cc1CN1CCCN(Cc3cccs3)CC1)OCO2. The van der Waals surface area contributed by atoms with Crippen LogP contribution < -0.4 is 14.2 Å². The van der Waals surface area contributed by atoms with Gasteiger partial charge in [-0.25, -0.2) is 0 Å². The molecule has 3 heterocycles. The first kappa shape index (κ1) is 16.7. The molecule has 1 aromatic heterocycles. The monoisotopic (exact) mass is 360 g/mol. The van der Waals surface area contributed by atoms with Crippen molar-refractivity contribution in [1.29, 1.82) is 0 Å². The van der Waals surface area contributed by atoms with E-state index in [0.717, 1.165) is 56.5 Å². The molecule has 0 aliphatic carbocycles. The highest BCUT2D eigenvalue weighted by Gasteiger charge is 2.21. The molecule has 0 unspecified atom stereocenters. The van der Waals surface area contributed by atoms with E-state index in [-0.39, 0.29) is 0 Å². The van der Waals surface area contributed by atoms with Gasteiger partial charge in [-0.1, -0.05) is 6.07 Å². The van der Waals surface area contributed by atoms with Crippen LogP contribution in [0.4, 0.5) is 0 Å². The fourth-order valence-electron chi connectivity index (χ4n) is 3.48. The van der Waals surface area contributed by atoms with Gasteiger partial charge < -0.3 is 14.2 Å². The number of hydrogen-bond donors (Lipinski definition) is 0. The summed E-state index contributed by atoms with van der Waals surface area (Å²) in [6.45, 7) is 6.69. The van der Waals surface area contributed by atoms with Crippen LogP contribution in [0.2, 0.25) is 0 Å². The van der Waals surface area contributed by atoms with Crippen LogP contribution in [0.15, 0.2) is 29.6 Å². The largest absolute Gasteiger partial charge is 0.496 e. The van der Waals surface area contributed by atoms with Crippen molar-refractivity contribution in [3.63, 3.8) is 0 Å². The Kier molecular flexibility index (Phi) is 5.10. The van der Waals surface area contributed by atoms with Crippen LogP contribution in [-0.2, 0) is 13.1 Å². The summed E-state index contributed by atoms with van der Waals surface area (Å²) in [4.78, 5) is 6.52. The van der Waals surface area contributed by atoms with E-state index in [9.17, 15) is 0 Å². The number of thiophene rings is 1. The van der Waals surface area contributed by atoms with Gasteiger partial charge >= 0.3 is 0 Å². The Morgan fingerprint density at radius 1 is 1.04 bits per heavy atom. The first-order valence-corrected chi connectivity index (χ1v) is 9.63. The van der Waals surface area contributed by atoms with E-state index in [4.69, 9.17) is 14.2 Å². The molecule has 0 radical (unpaired) electrons. The van der Waals surface area contributed by atoms with E-state index >= 15 is 0 Å². The zero-order valence-corrected chi connectivity index (χ0v) is 15.4. The van der Waals surface area contributed by atoms with Crippen molar-refractivity contribution in [2.75, 3.05) is 40.1 Å². The lowest BCUT2D eigenvalue weighted by atomic mass is 10.1. The zero-order chi connectivity index (χ0) is 17.1. The molecule has 1 saturated heterocycles.